The van der Waals surface area contributed by atoms with Gasteiger partial charge in [0.15, 0.2) is 11.5 Å². The molecular weight excluding hydrogens is 322 g/mol. The van der Waals surface area contributed by atoms with Gasteiger partial charge in [0, 0.05) is 17.7 Å². The Kier molecular flexibility index (Phi) is 3.61. The highest BCUT2D eigenvalue weighted by atomic mass is 32.1. The van der Waals surface area contributed by atoms with Gasteiger partial charge in [0.05, 0.1) is 22.6 Å². The first-order chi connectivity index (χ1) is 11.6. The predicted octanol–water partition coefficient (Wildman–Crippen LogP) is 3.07. The third-order valence-corrected chi connectivity index (χ3v) is 4.17. The van der Waals surface area contributed by atoms with Crippen LogP contribution in [-0.2, 0) is 6.54 Å². The lowest BCUT2D eigenvalue weighted by molar-refractivity contribution is 0.172. The Labute approximate surface area is 145 Å². The average molecular weight is 339 g/mol. The molecule has 0 saturated heterocycles. The molecule has 0 amide bonds. The molecule has 4 rings (SSSR count). The van der Waals surface area contributed by atoms with Crippen molar-refractivity contribution < 1.29 is 9.47 Å². The van der Waals surface area contributed by atoms with Crippen molar-refractivity contribution in [3.63, 3.8) is 0 Å². The van der Waals surface area contributed by atoms with Crippen LogP contribution in [0, 0.1) is 6.92 Å². The van der Waals surface area contributed by atoms with Gasteiger partial charge in [-0.3, -0.25) is 0 Å². The number of fused-ring (bicyclic) bond motifs is 2. The standard InChI is InChI=1S/C18H17N3O2S/c1-11-2-4-12(5-3-11)18-20-13-8-15-16(23-7-6-22-15)9-14(13)21(18)10-17(19)24/h2-5,8-9H,6-7,10H2,1H3,(H2,19,24). The maximum absolute atomic E-state index is 5.81. The summed E-state index contributed by atoms with van der Waals surface area (Å²) in [6, 6.07) is 12.1. The molecule has 0 fully saturated rings. The minimum absolute atomic E-state index is 0.414. The second-order valence-electron chi connectivity index (χ2n) is 5.84. The van der Waals surface area contributed by atoms with E-state index in [-0.39, 0.29) is 0 Å². The van der Waals surface area contributed by atoms with Gasteiger partial charge in [0.2, 0.25) is 0 Å². The molecule has 3 aromatic rings. The van der Waals surface area contributed by atoms with E-state index in [1.807, 2.05) is 16.7 Å². The summed E-state index contributed by atoms with van der Waals surface area (Å²) < 4.78 is 13.4. The van der Waals surface area contributed by atoms with Gasteiger partial charge in [-0.15, -0.1) is 0 Å². The number of hydrogen-bond donors (Lipinski definition) is 1. The lowest BCUT2D eigenvalue weighted by Gasteiger charge is -2.18. The molecule has 1 aliphatic rings. The molecule has 0 unspecified atom stereocenters. The van der Waals surface area contributed by atoms with Crippen LogP contribution in [0.4, 0.5) is 0 Å². The zero-order chi connectivity index (χ0) is 16.7. The molecule has 0 saturated carbocycles. The van der Waals surface area contributed by atoms with Crippen molar-refractivity contribution in [1.29, 1.82) is 0 Å². The van der Waals surface area contributed by atoms with Gasteiger partial charge in [-0.05, 0) is 6.92 Å². The van der Waals surface area contributed by atoms with E-state index in [1.165, 1.54) is 5.56 Å². The Morgan fingerprint density at radius 2 is 1.83 bits per heavy atom. The highest BCUT2D eigenvalue weighted by molar-refractivity contribution is 7.80. The molecule has 2 N–H and O–H groups in total. The number of imidazole rings is 1. The predicted molar refractivity (Wildman–Crippen MR) is 97.7 cm³/mol. The van der Waals surface area contributed by atoms with Crippen LogP contribution in [0.2, 0.25) is 0 Å². The summed E-state index contributed by atoms with van der Waals surface area (Å²) in [4.78, 5) is 5.20. The molecule has 0 radical (unpaired) electrons. The fraction of sp³-hybridized carbons (Fsp3) is 0.222. The third-order valence-electron chi connectivity index (χ3n) is 4.04. The normalized spacial score (nSPS) is 13.2. The number of thiocarbonyl (C=S) groups is 1. The van der Waals surface area contributed by atoms with E-state index in [9.17, 15) is 0 Å². The number of nitrogens with zero attached hydrogens (tertiary/aromatic N) is 2. The van der Waals surface area contributed by atoms with Gasteiger partial charge >= 0.3 is 0 Å². The van der Waals surface area contributed by atoms with Crippen LogP contribution in [-0.4, -0.2) is 27.8 Å². The second-order valence-corrected chi connectivity index (χ2v) is 6.36. The topological polar surface area (TPSA) is 62.3 Å². The Morgan fingerprint density at radius 1 is 1.17 bits per heavy atom. The van der Waals surface area contributed by atoms with Gasteiger partial charge in [-0.1, -0.05) is 42.0 Å². The largest absolute Gasteiger partial charge is 0.486 e. The lowest BCUT2D eigenvalue weighted by Crippen LogP contribution is -2.18. The number of rotatable bonds is 3. The molecule has 0 spiro atoms. The van der Waals surface area contributed by atoms with Gasteiger partial charge in [0.1, 0.15) is 19.0 Å². The average Bonchev–Trinajstić information content (AvgIpc) is 2.90. The quantitative estimate of drug-likeness (QED) is 0.743. The molecule has 6 heteroatoms. The van der Waals surface area contributed by atoms with E-state index in [1.54, 1.807) is 0 Å². The maximum atomic E-state index is 5.81. The monoisotopic (exact) mass is 339 g/mol. The first kappa shape index (κ1) is 15.0. The summed E-state index contributed by atoms with van der Waals surface area (Å²) in [6.07, 6.45) is 0. The molecule has 24 heavy (non-hydrogen) atoms. The maximum Gasteiger partial charge on any atom is 0.163 e. The first-order valence-electron chi connectivity index (χ1n) is 7.77. The van der Waals surface area contributed by atoms with Crippen molar-refractivity contribution in [2.75, 3.05) is 13.2 Å². The molecule has 2 heterocycles. The van der Waals surface area contributed by atoms with Crippen molar-refractivity contribution in [2.45, 2.75) is 13.5 Å². The summed E-state index contributed by atoms with van der Waals surface area (Å²) in [5.74, 6) is 2.29. The highest BCUT2D eigenvalue weighted by Crippen LogP contribution is 2.36. The summed E-state index contributed by atoms with van der Waals surface area (Å²) >= 11 is 5.13. The smallest absolute Gasteiger partial charge is 0.163 e. The molecular formula is C18H17N3O2S. The molecule has 0 aliphatic carbocycles. The molecule has 1 aliphatic heterocycles. The van der Waals surface area contributed by atoms with Crippen LogP contribution in [0.3, 0.4) is 0 Å². The van der Waals surface area contributed by atoms with Crippen LogP contribution in [0.25, 0.3) is 22.4 Å². The number of benzene rings is 2. The van der Waals surface area contributed by atoms with E-state index >= 15 is 0 Å². The summed E-state index contributed by atoms with van der Waals surface area (Å²) in [6.45, 7) is 3.59. The van der Waals surface area contributed by atoms with Crippen molar-refractivity contribution in [3.8, 4) is 22.9 Å². The van der Waals surface area contributed by atoms with Gasteiger partial charge < -0.3 is 19.8 Å². The Morgan fingerprint density at radius 3 is 2.50 bits per heavy atom. The summed E-state index contributed by atoms with van der Waals surface area (Å²) in [7, 11) is 0. The third kappa shape index (κ3) is 2.59. The van der Waals surface area contributed by atoms with Crippen LogP contribution in [0.15, 0.2) is 36.4 Å². The Hall–Kier alpha value is -2.60. The summed E-state index contributed by atoms with van der Waals surface area (Å²) in [5.41, 5.74) is 9.81. The SMILES string of the molecule is Cc1ccc(-c2nc3cc4c(cc3n2CC(N)=S)OCCO4)cc1. The van der Waals surface area contributed by atoms with Crippen molar-refractivity contribution in [2.24, 2.45) is 5.73 Å². The highest BCUT2D eigenvalue weighted by Gasteiger charge is 2.19. The minimum atomic E-state index is 0.414. The summed E-state index contributed by atoms with van der Waals surface area (Å²) in [5, 5.41) is 0. The van der Waals surface area contributed by atoms with E-state index in [0.717, 1.165) is 33.9 Å². The van der Waals surface area contributed by atoms with Crippen LogP contribution < -0.4 is 15.2 Å². The van der Waals surface area contributed by atoms with Gasteiger partial charge in [0.25, 0.3) is 0 Å². The van der Waals surface area contributed by atoms with E-state index in [0.29, 0.717) is 24.7 Å². The fourth-order valence-electron chi connectivity index (χ4n) is 2.90. The number of ether oxygens (including phenoxy) is 2. The molecule has 1 aromatic heterocycles. The Balaban J connectivity index is 1.94. The molecule has 122 valence electrons. The number of hydrogen-bond acceptors (Lipinski definition) is 4. The number of aromatic nitrogens is 2. The van der Waals surface area contributed by atoms with Crippen LogP contribution in [0.5, 0.6) is 11.5 Å². The minimum Gasteiger partial charge on any atom is -0.486 e. The van der Waals surface area contributed by atoms with E-state index in [2.05, 4.69) is 31.2 Å². The van der Waals surface area contributed by atoms with Crippen molar-refractivity contribution in [3.05, 3.63) is 42.0 Å². The fourth-order valence-corrected chi connectivity index (χ4v) is 3.03. The van der Waals surface area contributed by atoms with Gasteiger partial charge in [-0.2, -0.15) is 0 Å². The van der Waals surface area contributed by atoms with Gasteiger partial charge in [-0.25, -0.2) is 4.98 Å². The van der Waals surface area contributed by atoms with Crippen LogP contribution in [0.1, 0.15) is 5.56 Å². The molecule has 5 nitrogen and oxygen atoms in total. The lowest BCUT2D eigenvalue weighted by atomic mass is 10.1. The molecule has 0 atom stereocenters. The van der Waals surface area contributed by atoms with Crippen molar-refractivity contribution >= 4 is 28.2 Å². The number of nitrogens with two attached hydrogens (primary N) is 1. The first-order valence-corrected chi connectivity index (χ1v) is 8.18. The molecule has 2 aromatic carbocycles. The van der Waals surface area contributed by atoms with Crippen LogP contribution >= 0.6 is 12.2 Å². The second kappa shape index (κ2) is 5.79. The molecule has 0 bridgehead atoms. The Bertz CT molecular complexity index is 932. The number of aryl methyl sites for hydroxylation is 1. The zero-order valence-electron chi connectivity index (χ0n) is 13.3. The zero-order valence-corrected chi connectivity index (χ0v) is 14.1. The van der Waals surface area contributed by atoms with E-state index in [4.69, 9.17) is 32.4 Å². The van der Waals surface area contributed by atoms with E-state index < -0.39 is 0 Å². The van der Waals surface area contributed by atoms with Crippen molar-refractivity contribution in [1.82, 2.24) is 9.55 Å².